The third-order valence-electron chi connectivity index (χ3n) is 6.80. The lowest BCUT2D eigenvalue weighted by Crippen LogP contribution is -2.36. The summed E-state index contributed by atoms with van der Waals surface area (Å²) in [4.78, 5) is 14.1. The summed E-state index contributed by atoms with van der Waals surface area (Å²) in [5.74, 6) is 1.24. The molecule has 0 saturated heterocycles. The van der Waals surface area contributed by atoms with E-state index < -0.39 is 17.8 Å². The molecule has 0 bridgehead atoms. The summed E-state index contributed by atoms with van der Waals surface area (Å²) in [6, 6.07) is 17.7. The summed E-state index contributed by atoms with van der Waals surface area (Å²) in [5, 5.41) is 0. The van der Waals surface area contributed by atoms with Crippen molar-refractivity contribution in [3.8, 4) is 17.2 Å². The Labute approximate surface area is 183 Å². The lowest BCUT2D eigenvalue weighted by Gasteiger charge is -2.24. The first-order valence-corrected chi connectivity index (χ1v) is 10.7. The quantitative estimate of drug-likeness (QED) is 0.583. The Kier molecular flexibility index (Phi) is 4.25. The van der Waals surface area contributed by atoms with Gasteiger partial charge in [0, 0.05) is 23.1 Å². The number of ketones is 1. The number of Topliss-reactive ketones (excluding diaryl/α,β-unsaturated/α-hetero) is 1. The molecule has 32 heavy (non-hydrogen) atoms. The van der Waals surface area contributed by atoms with E-state index in [9.17, 15) is 13.6 Å². The highest BCUT2D eigenvalue weighted by atomic mass is 19.3. The first-order chi connectivity index (χ1) is 15.6. The van der Waals surface area contributed by atoms with Crippen LogP contribution in [0.5, 0.6) is 17.2 Å². The van der Waals surface area contributed by atoms with Gasteiger partial charge in [-0.15, -0.1) is 0 Å². The van der Waals surface area contributed by atoms with Gasteiger partial charge in [-0.3, -0.25) is 4.79 Å². The second-order valence-electron chi connectivity index (χ2n) is 8.39. The number of alkyl halides is 2. The van der Waals surface area contributed by atoms with Gasteiger partial charge in [0.05, 0.1) is 0 Å². The highest BCUT2D eigenvalue weighted by Crippen LogP contribution is 2.56. The van der Waals surface area contributed by atoms with Crippen molar-refractivity contribution in [2.24, 2.45) is 0 Å². The summed E-state index contributed by atoms with van der Waals surface area (Å²) < 4.78 is 44.7. The largest absolute Gasteiger partial charge is 0.491 e. The molecule has 4 nitrogen and oxygen atoms in total. The Balaban J connectivity index is 1.48. The van der Waals surface area contributed by atoms with Crippen molar-refractivity contribution >= 4 is 5.78 Å². The maximum Gasteiger partial charge on any atom is 0.264 e. The van der Waals surface area contributed by atoms with Gasteiger partial charge < -0.3 is 14.2 Å². The molecule has 3 aromatic rings. The smallest absolute Gasteiger partial charge is 0.264 e. The number of ether oxygens (including phenoxy) is 3. The molecule has 0 saturated carbocycles. The van der Waals surface area contributed by atoms with Crippen LogP contribution in [0.25, 0.3) is 0 Å². The molecule has 1 aliphatic carbocycles. The van der Waals surface area contributed by atoms with E-state index in [-0.39, 0.29) is 24.4 Å². The third kappa shape index (κ3) is 2.62. The van der Waals surface area contributed by atoms with Crippen LogP contribution in [0.4, 0.5) is 8.78 Å². The molecule has 6 rings (SSSR count). The van der Waals surface area contributed by atoms with Crippen molar-refractivity contribution in [3.05, 3.63) is 88.5 Å². The lowest BCUT2D eigenvalue weighted by atomic mass is 9.75. The molecule has 0 fully saturated rings. The molecule has 162 valence electrons. The van der Waals surface area contributed by atoms with Crippen LogP contribution in [0.15, 0.2) is 60.7 Å². The minimum Gasteiger partial charge on any atom is -0.491 e. The van der Waals surface area contributed by atoms with Crippen LogP contribution in [0.1, 0.15) is 40.2 Å². The predicted octanol–water partition coefficient (Wildman–Crippen LogP) is 4.98. The molecular formula is C26H20F2O4. The molecule has 0 amide bonds. The fourth-order valence-corrected chi connectivity index (χ4v) is 5.33. The second-order valence-corrected chi connectivity index (χ2v) is 8.39. The highest BCUT2D eigenvalue weighted by molar-refractivity contribution is 6.05. The maximum absolute atomic E-state index is 14.1. The van der Waals surface area contributed by atoms with E-state index in [0.29, 0.717) is 36.0 Å². The van der Waals surface area contributed by atoms with Gasteiger partial charge in [0.15, 0.2) is 17.3 Å². The molecule has 0 N–H and O–H groups in total. The third-order valence-corrected chi connectivity index (χ3v) is 6.80. The van der Waals surface area contributed by atoms with Crippen LogP contribution in [0.3, 0.4) is 0 Å². The zero-order valence-electron chi connectivity index (χ0n) is 17.1. The van der Waals surface area contributed by atoms with Crippen molar-refractivity contribution in [2.45, 2.75) is 24.2 Å². The number of hydrogen-bond acceptors (Lipinski definition) is 4. The second kappa shape index (κ2) is 7.05. The van der Waals surface area contributed by atoms with Gasteiger partial charge in [-0.25, -0.2) is 8.78 Å². The van der Waals surface area contributed by atoms with Crippen molar-refractivity contribution in [1.82, 2.24) is 0 Å². The molecule has 2 heterocycles. The van der Waals surface area contributed by atoms with Gasteiger partial charge >= 0.3 is 0 Å². The Morgan fingerprint density at radius 3 is 2.41 bits per heavy atom. The Morgan fingerprint density at radius 1 is 0.875 bits per heavy atom. The minimum absolute atomic E-state index is 0.0265. The van der Waals surface area contributed by atoms with Crippen LogP contribution < -0.4 is 14.2 Å². The summed E-state index contributed by atoms with van der Waals surface area (Å²) in [7, 11) is 0. The van der Waals surface area contributed by atoms with E-state index in [2.05, 4.69) is 0 Å². The van der Waals surface area contributed by atoms with Gasteiger partial charge in [-0.1, -0.05) is 48.5 Å². The number of benzene rings is 3. The molecule has 3 aromatic carbocycles. The number of fused-ring (bicyclic) bond motifs is 5. The Morgan fingerprint density at radius 2 is 1.59 bits per heavy atom. The first-order valence-electron chi connectivity index (χ1n) is 10.7. The van der Waals surface area contributed by atoms with Gasteiger partial charge in [0.25, 0.3) is 6.43 Å². The predicted molar refractivity (Wildman–Crippen MR) is 113 cm³/mol. The molecule has 2 unspecified atom stereocenters. The minimum atomic E-state index is -2.59. The highest BCUT2D eigenvalue weighted by Gasteiger charge is 2.57. The zero-order valence-corrected chi connectivity index (χ0v) is 17.1. The Hall–Kier alpha value is -3.41. The maximum atomic E-state index is 14.1. The molecule has 3 aliphatic rings. The van der Waals surface area contributed by atoms with E-state index in [1.54, 1.807) is 24.3 Å². The Bertz CT molecular complexity index is 1240. The zero-order chi connectivity index (χ0) is 21.9. The summed E-state index contributed by atoms with van der Waals surface area (Å²) >= 11 is 0. The van der Waals surface area contributed by atoms with Crippen LogP contribution in [0.2, 0.25) is 0 Å². The van der Waals surface area contributed by atoms with Gasteiger partial charge in [-0.05, 0) is 29.2 Å². The van der Waals surface area contributed by atoms with Crippen LogP contribution in [0, 0.1) is 0 Å². The first kappa shape index (κ1) is 19.3. The summed E-state index contributed by atoms with van der Waals surface area (Å²) in [6.45, 7) is 1.08. The van der Waals surface area contributed by atoms with E-state index in [1.807, 2.05) is 30.3 Å². The SMILES string of the molecule is O=C1C(Cc2ccccc2C(F)F)c2ccccc2C12COc1cc3c(cc12)OCCO3. The molecular weight excluding hydrogens is 414 g/mol. The number of halogens is 2. The van der Waals surface area contributed by atoms with E-state index in [0.717, 1.165) is 16.7 Å². The van der Waals surface area contributed by atoms with E-state index in [4.69, 9.17) is 14.2 Å². The standard InChI is InChI=1S/C26H20F2O4/c27-25(28)16-6-2-1-5-15(16)11-18-17-7-3-4-8-19(17)26(24(18)29)14-32-21-13-23-22(12-20(21)26)30-9-10-31-23/h1-8,12-13,18,25H,9-11,14H2. The molecule has 2 atom stereocenters. The number of rotatable bonds is 3. The molecule has 0 radical (unpaired) electrons. The number of hydrogen-bond donors (Lipinski definition) is 0. The fraction of sp³-hybridized carbons (Fsp3) is 0.269. The normalized spacial score (nSPS) is 22.7. The van der Waals surface area contributed by atoms with Crippen LogP contribution in [-0.4, -0.2) is 25.6 Å². The van der Waals surface area contributed by atoms with E-state index >= 15 is 0 Å². The molecule has 1 spiro atoms. The summed E-state index contributed by atoms with van der Waals surface area (Å²) in [5.41, 5.74) is 1.98. The summed E-state index contributed by atoms with van der Waals surface area (Å²) in [6.07, 6.45) is -2.37. The fourth-order valence-electron chi connectivity index (χ4n) is 5.33. The van der Waals surface area contributed by atoms with Gasteiger partial charge in [0.2, 0.25) is 0 Å². The monoisotopic (exact) mass is 434 g/mol. The molecule has 2 aliphatic heterocycles. The molecule has 0 aromatic heterocycles. The van der Waals surface area contributed by atoms with Crippen molar-refractivity contribution in [2.75, 3.05) is 19.8 Å². The number of carbonyl (C=O) groups is 1. The van der Waals surface area contributed by atoms with Gasteiger partial charge in [0.1, 0.15) is 31.0 Å². The lowest BCUT2D eigenvalue weighted by molar-refractivity contribution is -0.123. The average Bonchev–Trinajstić information content (AvgIpc) is 3.30. The van der Waals surface area contributed by atoms with Crippen LogP contribution in [-0.2, 0) is 16.6 Å². The van der Waals surface area contributed by atoms with E-state index in [1.165, 1.54) is 6.07 Å². The number of carbonyl (C=O) groups excluding carboxylic acids is 1. The topological polar surface area (TPSA) is 44.8 Å². The molecule has 6 heteroatoms. The van der Waals surface area contributed by atoms with Crippen molar-refractivity contribution in [1.29, 1.82) is 0 Å². The average molecular weight is 434 g/mol. The van der Waals surface area contributed by atoms with Crippen molar-refractivity contribution in [3.63, 3.8) is 0 Å². The van der Waals surface area contributed by atoms with Gasteiger partial charge in [-0.2, -0.15) is 0 Å². The van der Waals surface area contributed by atoms with Crippen molar-refractivity contribution < 1.29 is 27.8 Å². The van der Waals surface area contributed by atoms with Crippen LogP contribution >= 0.6 is 0 Å².